The SMILES string of the molecule is CCNc1nc2[nH]c3nc(NCC)[n+](C)c(n3)[nH]c3nc(NCC)nc([nH]c4nc(NCC)[n+](C)c(n4)[nH]c4nc(OC)nc([nH]c5nc(NCC)[n+](C)c(n5)[nH]c(n1)[n+]2C)[n+]4C)[n+]3C. The molecule has 7 aromatic rings. The summed E-state index contributed by atoms with van der Waals surface area (Å²) in [5.41, 5.74) is 0. The molecule has 7 rings (SSSR count). The molecule has 30 nitrogen and oxygen atoms in total. The Hall–Kier alpha value is -8.34. The number of aromatic nitrogens is 24. The highest BCUT2D eigenvalue weighted by atomic mass is 16.5. The van der Waals surface area contributed by atoms with Crippen LogP contribution in [0.2, 0.25) is 0 Å². The third-order valence-corrected chi connectivity index (χ3v) is 9.53. The highest BCUT2D eigenvalue weighted by Crippen LogP contribution is 2.06. The Morgan fingerprint density at radius 2 is 0.600 bits per heavy atom. The molecule has 0 unspecified atom stereocenters. The standard InChI is InChI=1S/C35H51N29O/c1-13-36-18-41-26-48-20-45-23(38-15-3)59(6)30(50-20)54-28-43-19(37-14-2)42-27(63(28)10)49-21-46-24(39-16-4)61(8)32(51-21)56-34-58-35(65-12)57-33(64(34)11)53-22-47-25(40-17-5)60(7)31(52-22)55-29(44-18)62(26)9/h13-17H2,1-12H3,(H5,36,37,38,39,40,41,42,43,44,45,46,47,48,49,50,51,52,53,54,55,56,57,58)/p+6. The Morgan fingerprint density at radius 1 is 0.338 bits per heavy atom. The average molecular weight is 900 g/mol. The molecule has 0 saturated heterocycles. The molecular formula is C35H57N29O+6. The van der Waals surface area contributed by atoms with E-state index in [0.717, 1.165) is 0 Å². The quantitative estimate of drug-likeness (QED) is 0.0597. The van der Waals surface area contributed by atoms with Crippen LogP contribution < -0.4 is 58.7 Å². The van der Waals surface area contributed by atoms with E-state index in [9.17, 15) is 0 Å². The Balaban J connectivity index is 1.75. The van der Waals surface area contributed by atoms with Crippen LogP contribution in [0.1, 0.15) is 34.6 Å². The van der Waals surface area contributed by atoms with E-state index in [1.165, 1.54) is 7.11 Å². The van der Waals surface area contributed by atoms with E-state index in [4.69, 9.17) is 54.6 Å². The molecule has 0 radical (unpaired) electrons. The van der Waals surface area contributed by atoms with Crippen LogP contribution in [-0.2, 0) is 42.3 Å². The molecule has 7 heterocycles. The third-order valence-electron chi connectivity index (χ3n) is 9.53. The molecule has 11 N–H and O–H groups in total. The number of nitrogens with one attached hydrogen (secondary N) is 11. The first-order valence-electron chi connectivity index (χ1n) is 20.9. The summed E-state index contributed by atoms with van der Waals surface area (Å²) in [5.74, 6) is 5.81. The van der Waals surface area contributed by atoms with Gasteiger partial charge in [0.05, 0.1) is 7.11 Å². The van der Waals surface area contributed by atoms with Gasteiger partial charge < -0.3 is 31.3 Å². The normalized spacial score (nSPS) is 11.1. The van der Waals surface area contributed by atoms with Crippen LogP contribution in [0.3, 0.4) is 0 Å². The van der Waals surface area contributed by atoms with Crippen LogP contribution in [0.15, 0.2) is 0 Å². The fourth-order valence-electron chi connectivity index (χ4n) is 6.12. The van der Waals surface area contributed by atoms with Crippen molar-refractivity contribution in [2.75, 3.05) is 66.4 Å². The highest BCUT2D eigenvalue weighted by molar-refractivity contribution is 5.47. The summed E-state index contributed by atoms with van der Waals surface area (Å²) in [5, 5.41) is 16.4. The molecule has 0 aromatic carbocycles. The van der Waals surface area contributed by atoms with Gasteiger partial charge in [-0.25, -0.2) is 57.3 Å². The number of ether oxygens (including phenoxy) is 1. The van der Waals surface area contributed by atoms with E-state index in [2.05, 4.69) is 66.5 Å². The number of fused-ring (bicyclic) bond motifs is 12. The van der Waals surface area contributed by atoms with Crippen molar-refractivity contribution in [1.82, 2.24) is 89.7 Å². The van der Waals surface area contributed by atoms with Crippen LogP contribution in [0.25, 0.3) is 69.3 Å². The van der Waals surface area contributed by atoms with Crippen molar-refractivity contribution >= 4 is 99.1 Å². The molecule has 0 fully saturated rings. The zero-order valence-electron chi connectivity index (χ0n) is 38.5. The van der Waals surface area contributed by atoms with Crippen LogP contribution in [0.5, 0.6) is 6.01 Å². The number of methoxy groups -OCH3 is 1. The van der Waals surface area contributed by atoms with Crippen molar-refractivity contribution in [3.63, 3.8) is 0 Å². The monoisotopic (exact) mass is 900 g/mol. The summed E-state index contributed by atoms with van der Waals surface area (Å²) in [6.07, 6.45) is 0. The maximum absolute atomic E-state index is 5.57. The number of hydrogen-bond donors (Lipinski definition) is 11. The lowest BCUT2D eigenvalue weighted by atomic mass is 10.7. The van der Waals surface area contributed by atoms with Crippen LogP contribution in [0.4, 0.5) is 29.7 Å². The van der Waals surface area contributed by atoms with E-state index in [1.807, 2.05) is 55.8 Å². The lowest BCUT2D eigenvalue weighted by molar-refractivity contribution is -0.640. The number of hydrogen-bond acceptors (Lipinski definition) is 18. The van der Waals surface area contributed by atoms with E-state index in [0.29, 0.717) is 109 Å². The minimum atomic E-state index is 0.0519. The topological polar surface area (TPSA) is 342 Å². The summed E-state index contributed by atoms with van der Waals surface area (Å²) in [6.45, 7) is 12.6. The minimum Gasteiger partial charge on any atom is -0.452 e. The van der Waals surface area contributed by atoms with Gasteiger partial charge in [-0.2, -0.15) is 0 Å². The second-order valence-electron chi connectivity index (χ2n) is 14.1. The van der Waals surface area contributed by atoms with Gasteiger partial charge in [-0.05, 0) is 34.6 Å². The maximum Gasteiger partial charge on any atom is 0.415 e. The molecule has 0 saturated carbocycles. The summed E-state index contributed by atoms with van der Waals surface area (Å²) >= 11 is 0. The third kappa shape index (κ3) is 9.68. The second kappa shape index (κ2) is 19.4. The highest BCUT2D eigenvalue weighted by Gasteiger charge is 2.21. The van der Waals surface area contributed by atoms with Gasteiger partial charge >= 0.3 is 105 Å². The molecule has 0 spiro atoms. The first kappa shape index (κ1) is 44.7. The van der Waals surface area contributed by atoms with Gasteiger partial charge in [-0.3, -0.25) is 0 Å². The van der Waals surface area contributed by atoms with Crippen LogP contribution in [-0.4, -0.2) is 130 Å². The number of aromatic amines is 6. The number of aryl methyl sites for hydroxylation is 6. The fourth-order valence-corrected chi connectivity index (χ4v) is 6.12. The predicted octanol–water partition coefficient (Wildman–Crippen LogP) is -2.51. The van der Waals surface area contributed by atoms with Crippen molar-refractivity contribution in [2.24, 2.45) is 42.3 Å². The summed E-state index contributed by atoms with van der Waals surface area (Å²) in [7, 11) is 12.3. The van der Waals surface area contributed by atoms with Gasteiger partial charge in [0, 0.05) is 75.0 Å². The number of anilines is 5. The van der Waals surface area contributed by atoms with Gasteiger partial charge in [-0.15, -0.1) is 0 Å². The maximum atomic E-state index is 5.57. The van der Waals surface area contributed by atoms with Gasteiger partial charge in [0.1, 0.15) is 0 Å². The molecule has 65 heavy (non-hydrogen) atoms. The Labute approximate surface area is 369 Å². The first-order valence-corrected chi connectivity index (χ1v) is 20.9. The largest absolute Gasteiger partial charge is 0.452 e. The first-order chi connectivity index (χ1) is 31.4. The zero-order chi connectivity index (χ0) is 46.4. The van der Waals surface area contributed by atoms with Crippen LogP contribution >= 0.6 is 0 Å². The molecule has 0 aliphatic heterocycles. The van der Waals surface area contributed by atoms with Gasteiger partial charge in [0.25, 0.3) is 0 Å². The summed E-state index contributed by atoms with van der Waals surface area (Å²) in [6, 6.07) is 0.0519. The summed E-state index contributed by atoms with van der Waals surface area (Å²) in [4.78, 5) is 77.4. The smallest absolute Gasteiger partial charge is 0.415 e. The molecule has 0 amide bonds. The number of nitrogens with zero attached hydrogens (tertiary/aromatic N) is 18. The summed E-state index contributed by atoms with van der Waals surface area (Å²) < 4.78 is 16.0. The molecule has 30 heteroatoms. The molecule has 7 aromatic heterocycles. The van der Waals surface area contributed by atoms with Crippen molar-refractivity contribution in [3.05, 3.63) is 0 Å². The van der Waals surface area contributed by atoms with E-state index < -0.39 is 0 Å². The second-order valence-corrected chi connectivity index (χ2v) is 14.1. The molecule has 0 atom stereocenters. The Morgan fingerprint density at radius 3 is 0.892 bits per heavy atom. The molecule has 0 aliphatic carbocycles. The Bertz CT molecular complexity index is 3200. The van der Waals surface area contributed by atoms with Crippen molar-refractivity contribution < 1.29 is 32.1 Å². The molecule has 12 bridgehead atoms. The van der Waals surface area contributed by atoms with Crippen molar-refractivity contribution in [3.8, 4) is 6.01 Å². The lowest BCUT2D eigenvalue weighted by Crippen LogP contribution is -2.39. The van der Waals surface area contributed by atoms with Crippen LogP contribution in [0, 0.1) is 0 Å². The fraction of sp³-hybridized carbons (Fsp3) is 0.486. The molecule has 342 valence electrons. The van der Waals surface area contributed by atoms with Crippen molar-refractivity contribution in [2.45, 2.75) is 34.6 Å². The minimum absolute atomic E-state index is 0.0519. The molecular weight excluding hydrogens is 843 g/mol. The number of rotatable bonds is 11. The molecule has 0 aliphatic rings. The van der Waals surface area contributed by atoms with Gasteiger partial charge in [0.15, 0.2) is 0 Å². The Kier molecular flexibility index (Phi) is 13.3. The van der Waals surface area contributed by atoms with E-state index >= 15 is 0 Å². The van der Waals surface area contributed by atoms with Gasteiger partial charge in [-0.1, -0.05) is 59.8 Å². The average Bonchev–Trinajstić information content (AvgIpc) is 3.27. The van der Waals surface area contributed by atoms with Crippen molar-refractivity contribution in [1.29, 1.82) is 0 Å². The number of H-pyrrole nitrogens is 6. The predicted molar refractivity (Wildman–Crippen MR) is 235 cm³/mol. The van der Waals surface area contributed by atoms with Gasteiger partial charge in [0.2, 0.25) is 0 Å². The van der Waals surface area contributed by atoms with E-state index in [-0.39, 0.29) is 29.1 Å². The lowest BCUT2D eigenvalue weighted by Gasteiger charge is -2.04. The van der Waals surface area contributed by atoms with E-state index in [1.54, 1.807) is 48.5 Å². The zero-order valence-corrected chi connectivity index (χ0v) is 38.5.